The third-order valence-corrected chi connectivity index (χ3v) is 24.5. The minimum absolute atomic E-state index is 0.553. The van der Waals surface area contributed by atoms with Crippen LogP contribution in [0.2, 0.25) is 0 Å². The number of aromatic nitrogens is 4. The molecule has 2 aromatic heterocycles. The first kappa shape index (κ1) is 45.5. The van der Waals surface area contributed by atoms with Crippen molar-refractivity contribution in [3.63, 3.8) is 0 Å². The summed E-state index contributed by atoms with van der Waals surface area (Å²) in [5, 5.41) is 12.6. The standard InChI is InChI=1S/C69H50N4Si2/c1-8-27-51(28-9-1)62-46-26-48-65-66(62)63-45-22-23-47-64(63)73(65)69-71-67(52-29-24-43-60(49-52)74(54-31-10-2-11-32-54,55-33-12-3-13-34-55)56-35-14-4-15-36-56)70-68(72-69)53-30-25-44-61(50-53)75(57-37-16-5-17-38-57,58-39-18-6-19-40-58)59-41-20-7-21-42-59/h1-50H. The number of rotatable bonds is 12. The molecule has 0 bridgehead atoms. The Morgan fingerprint density at radius 1 is 0.253 bits per heavy atom. The Hall–Kier alpha value is -9.34. The number of benzene rings is 11. The molecule has 4 nitrogen and oxygen atoms in total. The van der Waals surface area contributed by atoms with E-state index >= 15 is 0 Å². The van der Waals surface area contributed by atoms with Gasteiger partial charge in [0.25, 0.3) is 0 Å². The van der Waals surface area contributed by atoms with Gasteiger partial charge < -0.3 is 0 Å². The van der Waals surface area contributed by atoms with Gasteiger partial charge in [-0.1, -0.05) is 291 Å². The van der Waals surface area contributed by atoms with Crippen LogP contribution in [0.1, 0.15) is 0 Å². The topological polar surface area (TPSA) is 43.6 Å². The Balaban J connectivity index is 1.09. The number of para-hydroxylation sites is 1. The maximum absolute atomic E-state index is 5.59. The van der Waals surface area contributed by atoms with E-state index in [2.05, 4.69) is 308 Å². The molecule has 75 heavy (non-hydrogen) atoms. The van der Waals surface area contributed by atoms with E-state index in [1.165, 1.54) is 41.5 Å². The smallest absolute Gasteiger partial charge is 0.238 e. The zero-order chi connectivity index (χ0) is 50.0. The molecule has 0 aliphatic carbocycles. The molecule has 0 amide bonds. The second-order valence-electron chi connectivity index (χ2n) is 19.1. The van der Waals surface area contributed by atoms with Gasteiger partial charge in [0.2, 0.25) is 5.95 Å². The highest BCUT2D eigenvalue weighted by Gasteiger charge is 2.43. The highest BCUT2D eigenvalue weighted by Crippen LogP contribution is 2.38. The van der Waals surface area contributed by atoms with E-state index in [0.717, 1.165) is 44.1 Å². The van der Waals surface area contributed by atoms with Crippen molar-refractivity contribution in [2.45, 2.75) is 0 Å². The average Bonchev–Trinajstić information content (AvgIpc) is 3.89. The summed E-state index contributed by atoms with van der Waals surface area (Å²) in [6.07, 6.45) is 0. The summed E-state index contributed by atoms with van der Waals surface area (Å²) in [5.41, 5.74) is 6.19. The van der Waals surface area contributed by atoms with Gasteiger partial charge in [-0.2, -0.15) is 9.97 Å². The van der Waals surface area contributed by atoms with E-state index in [1.807, 2.05) is 0 Å². The van der Waals surface area contributed by atoms with Crippen LogP contribution in [0.3, 0.4) is 0 Å². The van der Waals surface area contributed by atoms with Gasteiger partial charge in [-0.05, 0) is 64.8 Å². The van der Waals surface area contributed by atoms with Crippen LogP contribution in [0.4, 0.5) is 0 Å². The van der Waals surface area contributed by atoms with Gasteiger partial charge in [0.15, 0.2) is 27.8 Å². The molecule has 11 aromatic carbocycles. The van der Waals surface area contributed by atoms with Crippen molar-refractivity contribution in [2.24, 2.45) is 0 Å². The summed E-state index contributed by atoms with van der Waals surface area (Å²) in [5.74, 6) is 1.75. The average molecular weight is 991 g/mol. The Labute approximate surface area is 439 Å². The highest BCUT2D eigenvalue weighted by atomic mass is 28.3. The third kappa shape index (κ3) is 7.87. The zero-order valence-electron chi connectivity index (χ0n) is 41.2. The largest absolute Gasteiger partial charge is 0.278 e. The van der Waals surface area contributed by atoms with Gasteiger partial charge in [0, 0.05) is 21.9 Å². The van der Waals surface area contributed by atoms with Crippen molar-refractivity contribution in [3.05, 3.63) is 303 Å². The Kier molecular flexibility index (Phi) is 11.9. The highest BCUT2D eigenvalue weighted by molar-refractivity contribution is 7.20. The summed E-state index contributed by atoms with van der Waals surface area (Å²) in [6, 6.07) is 110. The molecule has 0 aliphatic heterocycles. The molecular weight excluding hydrogens is 941 g/mol. The van der Waals surface area contributed by atoms with E-state index in [4.69, 9.17) is 15.0 Å². The van der Waals surface area contributed by atoms with Crippen molar-refractivity contribution in [3.8, 4) is 39.9 Å². The van der Waals surface area contributed by atoms with Gasteiger partial charge >= 0.3 is 0 Å². The zero-order valence-corrected chi connectivity index (χ0v) is 43.2. The number of fused-ring (bicyclic) bond motifs is 3. The third-order valence-electron chi connectivity index (χ3n) is 15.0. The summed E-state index contributed by atoms with van der Waals surface area (Å²) in [7, 11) is -5.83. The van der Waals surface area contributed by atoms with Gasteiger partial charge in [0.05, 0.1) is 11.0 Å². The van der Waals surface area contributed by atoms with E-state index in [0.29, 0.717) is 17.6 Å². The SMILES string of the molecule is c1ccc(-c2cccc3c2c2ccccc2n3-c2nc(-c3cccc([Si](c4ccccc4)(c4ccccc4)c4ccccc4)c3)nc(-c3cccc([Si](c4ccccc4)(c4ccccc4)c4ccccc4)c3)n2)cc1. The molecule has 2 heterocycles. The predicted molar refractivity (Wildman–Crippen MR) is 318 cm³/mol. The van der Waals surface area contributed by atoms with Gasteiger partial charge in [-0.3, -0.25) is 4.57 Å². The maximum atomic E-state index is 5.59. The quantitative estimate of drug-likeness (QED) is 0.0905. The first-order valence-corrected chi connectivity index (χ1v) is 29.6. The van der Waals surface area contributed by atoms with E-state index < -0.39 is 16.1 Å². The summed E-state index contributed by atoms with van der Waals surface area (Å²) in [4.78, 5) is 16.8. The maximum Gasteiger partial charge on any atom is 0.238 e. The fourth-order valence-electron chi connectivity index (χ4n) is 11.7. The van der Waals surface area contributed by atoms with Crippen LogP contribution in [0.5, 0.6) is 0 Å². The molecule has 6 heteroatoms. The molecule has 0 spiro atoms. The van der Waals surface area contributed by atoms with Crippen LogP contribution in [-0.2, 0) is 0 Å². The molecule has 0 N–H and O–H groups in total. The van der Waals surface area contributed by atoms with Crippen molar-refractivity contribution >= 4 is 79.4 Å². The summed E-state index contributed by atoms with van der Waals surface area (Å²) in [6.45, 7) is 0. The van der Waals surface area contributed by atoms with Crippen LogP contribution < -0.4 is 41.5 Å². The summed E-state index contributed by atoms with van der Waals surface area (Å²) < 4.78 is 2.24. The molecule has 0 unspecified atom stereocenters. The minimum Gasteiger partial charge on any atom is -0.278 e. The first-order chi connectivity index (χ1) is 37.2. The molecular formula is C69H50N4Si2. The number of hydrogen-bond donors (Lipinski definition) is 0. The molecule has 0 radical (unpaired) electrons. The van der Waals surface area contributed by atoms with Crippen molar-refractivity contribution in [1.82, 2.24) is 19.5 Å². The molecule has 354 valence electrons. The van der Waals surface area contributed by atoms with Crippen molar-refractivity contribution in [1.29, 1.82) is 0 Å². The van der Waals surface area contributed by atoms with E-state index in [9.17, 15) is 0 Å². The van der Waals surface area contributed by atoms with Crippen LogP contribution in [0, 0.1) is 0 Å². The second-order valence-corrected chi connectivity index (χ2v) is 26.7. The number of hydrogen-bond acceptors (Lipinski definition) is 3. The molecule has 0 saturated heterocycles. The predicted octanol–water partition coefficient (Wildman–Crippen LogP) is 10.7. The van der Waals surface area contributed by atoms with E-state index in [1.54, 1.807) is 0 Å². The lowest BCUT2D eigenvalue weighted by Crippen LogP contribution is -2.74. The molecule has 0 aliphatic rings. The molecule has 13 rings (SSSR count). The monoisotopic (exact) mass is 990 g/mol. The molecule has 0 fully saturated rings. The molecule has 0 atom stereocenters. The summed E-state index contributed by atoms with van der Waals surface area (Å²) >= 11 is 0. The Bertz CT molecular complexity index is 3720. The van der Waals surface area contributed by atoms with Crippen molar-refractivity contribution < 1.29 is 0 Å². The Morgan fingerprint density at radius 3 is 0.987 bits per heavy atom. The van der Waals surface area contributed by atoms with Crippen LogP contribution in [0.15, 0.2) is 303 Å². The fourth-order valence-corrected chi connectivity index (χ4v) is 21.3. The molecule has 13 aromatic rings. The lowest BCUT2D eigenvalue weighted by atomic mass is 9.99. The van der Waals surface area contributed by atoms with Gasteiger partial charge in [-0.15, -0.1) is 0 Å². The van der Waals surface area contributed by atoms with Crippen LogP contribution >= 0.6 is 0 Å². The second kappa shape index (κ2) is 19.6. The van der Waals surface area contributed by atoms with E-state index in [-0.39, 0.29) is 0 Å². The first-order valence-electron chi connectivity index (χ1n) is 25.6. The number of nitrogens with zero attached hydrogens (tertiary/aromatic N) is 4. The lowest BCUT2D eigenvalue weighted by Gasteiger charge is -2.34. The van der Waals surface area contributed by atoms with Gasteiger partial charge in [-0.25, -0.2) is 4.98 Å². The van der Waals surface area contributed by atoms with Crippen LogP contribution in [0.25, 0.3) is 61.7 Å². The van der Waals surface area contributed by atoms with Crippen molar-refractivity contribution in [2.75, 3.05) is 0 Å². The molecule has 0 saturated carbocycles. The van der Waals surface area contributed by atoms with Gasteiger partial charge in [0.1, 0.15) is 0 Å². The minimum atomic E-state index is -2.92. The fraction of sp³-hybridized carbons (Fsp3) is 0. The van der Waals surface area contributed by atoms with Crippen LogP contribution in [-0.4, -0.2) is 35.7 Å². The lowest BCUT2D eigenvalue weighted by molar-refractivity contribution is 0.954. The normalized spacial score (nSPS) is 11.7. The Morgan fingerprint density at radius 2 is 0.573 bits per heavy atom.